The van der Waals surface area contributed by atoms with Crippen LogP contribution in [-0.4, -0.2) is 21.7 Å². The first-order valence-corrected chi connectivity index (χ1v) is 6.91. The van der Waals surface area contributed by atoms with E-state index in [-0.39, 0.29) is 34.6 Å². The number of aromatic nitrogens is 1. The Morgan fingerprint density at radius 1 is 0.958 bits per heavy atom. The number of Topliss-reactive ketones (excluding diaryl/α,β-unsaturated/α-hetero) is 2. The lowest BCUT2D eigenvalue weighted by atomic mass is 9.86. The van der Waals surface area contributed by atoms with E-state index in [9.17, 15) is 27.9 Å². The van der Waals surface area contributed by atoms with Crippen molar-refractivity contribution in [3.05, 3.63) is 70.6 Å². The molecule has 1 N–H and O–H groups in total. The number of carbonyl (C=O) groups is 2. The molecule has 1 aromatic carbocycles. The van der Waals surface area contributed by atoms with E-state index in [1.165, 1.54) is 12.1 Å². The van der Waals surface area contributed by atoms with Crippen LogP contribution in [0.25, 0.3) is 5.76 Å². The molecule has 4 nitrogen and oxygen atoms in total. The number of carbonyl (C=O) groups excluding carboxylic acids is 2. The third-order valence-corrected chi connectivity index (χ3v) is 3.70. The van der Waals surface area contributed by atoms with Gasteiger partial charge in [0.25, 0.3) is 0 Å². The second kappa shape index (κ2) is 5.59. The fraction of sp³-hybridized carbons (Fsp3) is 0.118. The number of alkyl halides is 3. The third kappa shape index (κ3) is 2.68. The van der Waals surface area contributed by atoms with E-state index >= 15 is 0 Å². The predicted octanol–water partition coefficient (Wildman–Crippen LogP) is 3.38. The van der Waals surface area contributed by atoms with Crippen molar-refractivity contribution in [1.29, 1.82) is 0 Å². The van der Waals surface area contributed by atoms with Crippen LogP contribution in [0.3, 0.4) is 0 Å². The van der Waals surface area contributed by atoms with Gasteiger partial charge in [0.05, 0.1) is 11.1 Å². The van der Waals surface area contributed by atoms with Gasteiger partial charge >= 0.3 is 6.18 Å². The number of fused-ring (bicyclic) bond motifs is 1. The minimum atomic E-state index is -4.51. The fourth-order valence-corrected chi connectivity index (χ4v) is 2.46. The number of aliphatic hydroxyl groups excluding tert-OH is 1. The number of hydrogen-bond donors (Lipinski definition) is 1. The molecular formula is C17H10F3NO3. The van der Waals surface area contributed by atoms with Crippen molar-refractivity contribution in [3.8, 4) is 0 Å². The molecule has 24 heavy (non-hydrogen) atoms. The van der Waals surface area contributed by atoms with Crippen molar-refractivity contribution < 1.29 is 27.9 Å². The molecular weight excluding hydrogens is 323 g/mol. The highest BCUT2D eigenvalue weighted by Crippen LogP contribution is 2.31. The molecule has 0 amide bonds. The van der Waals surface area contributed by atoms with Crippen LogP contribution in [-0.2, 0) is 17.4 Å². The highest BCUT2D eigenvalue weighted by Gasteiger charge is 2.33. The molecule has 122 valence electrons. The molecule has 1 aliphatic carbocycles. The van der Waals surface area contributed by atoms with Gasteiger partial charge in [-0.2, -0.15) is 13.2 Å². The van der Waals surface area contributed by atoms with Crippen LogP contribution < -0.4 is 0 Å². The third-order valence-electron chi connectivity index (χ3n) is 3.70. The SMILES string of the molecule is O=C1C(=O)c2ccccc2C(O)=C1Cc1ccc(C(F)(F)F)cn1. The van der Waals surface area contributed by atoms with Gasteiger partial charge < -0.3 is 5.11 Å². The molecule has 0 bridgehead atoms. The molecule has 0 unspecified atom stereocenters. The second-order valence-electron chi connectivity index (χ2n) is 5.24. The first-order valence-electron chi connectivity index (χ1n) is 6.91. The molecule has 0 atom stereocenters. The lowest BCUT2D eigenvalue weighted by Gasteiger charge is -2.17. The first kappa shape index (κ1) is 15.9. The maximum Gasteiger partial charge on any atom is 0.417 e. The Hall–Kier alpha value is -2.96. The Morgan fingerprint density at radius 2 is 1.62 bits per heavy atom. The molecule has 0 radical (unpaired) electrons. The van der Waals surface area contributed by atoms with E-state index in [0.29, 0.717) is 6.20 Å². The van der Waals surface area contributed by atoms with Gasteiger partial charge in [0.1, 0.15) is 5.76 Å². The highest BCUT2D eigenvalue weighted by atomic mass is 19.4. The standard InChI is InChI=1S/C17H10F3NO3/c18-17(19,20)9-5-6-10(21-8-9)7-13-14(22)11-3-1-2-4-12(11)15(23)16(13)24/h1-6,8,22H,7H2. The van der Waals surface area contributed by atoms with E-state index in [0.717, 1.165) is 12.1 Å². The zero-order valence-electron chi connectivity index (χ0n) is 12.1. The van der Waals surface area contributed by atoms with Crippen LogP contribution in [0.2, 0.25) is 0 Å². The molecule has 1 heterocycles. The number of pyridine rings is 1. The van der Waals surface area contributed by atoms with Crippen molar-refractivity contribution in [2.75, 3.05) is 0 Å². The minimum Gasteiger partial charge on any atom is -0.507 e. The summed E-state index contributed by atoms with van der Waals surface area (Å²) in [5.41, 5.74) is -0.620. The van der Waals surface area contributed by atoms with Gasteiger partial charge in [0, 0.05) is 29.4 Å². The largest absolute Gasteiger partial charge is 0.507 e. The summed E-state index contributed by atoms with van der Waals surface area (Å²) >= 11 is 0. The molecule has 0 saturated carbocycles. The maximum absolute atomic E-state index is 12.5. The summed E-state index contributed by atoms with van der Waals surface area (Å²) in [6, 6.07) is 8.05. The monoisotopic (exact) mass is 333 g/mol. The number of hydrogen-bond acceptors (Lipinski definition) is 4. The average Bonchev–Trinajstić information content (AvgIpc) is 2.56. The summed E-state index contributed by atoms with van der Waals surface area (Å²) in [5, 5.41) is 10.3. The van der Waals surface area contributed by atoms with E-state index in [1.54, 1.807) is 12.1 Å². The van der Waals surface area contributed by atoms with Crippen molar-refractivity contribution in [3.63, 3.8) is 0 Å². The Labute approximate surface area is 134 Å². The number of ketones is 2. The van der Waals surface area contributed by atoms with Gasteiger partial charge in [-0.15, -0.1) is 0 Å². The molecule has 0 spiro atoms. The summed E-state index contributed by atoms with van der Waals surface area (Å²) in [5.74, 6) is -1.99. The van der Waals surface area contributed by atoms with Crippen LogP contribution in [0.1, 0.15) is 27.2 Å². The molecule has 3 rings (SSSR count). The highest BCUT2D eigenvalue weighted by molar-refractivity contribution is 6.52. The van der Waals surface area contributed by atoms with Gasteiger partial charge in [-0.3, -0.25) is 14.6 Å². The first-order chi connectivity index (χ1) is 11.3. The zero-order valence-corrected chi connectivity index (χ0v) is 12.1. The number of rotatable bonds is 2. The van der Waals surface area contributed by atoms with Crippen molar-refractivity contribution in [2.24, 2.45) is 0 Å². The second-order valence-corrected chi connectivity index (χ2v) is 5.24. The smallest absolute Gasteiger partial charge is 0.417 e. The van der Waals surface area contributed by atoms with Crippen LogP contribution in [0.4, 0.5) is 13.2 Å². The number of nitrogens with zero attached hydrogens (tertiary/aromatic N) is 1. The summed E-state index contributed by atoms with van der Waals surface area (Å²) in [6.45, 7) is 0. The van der Waals surface area contributed by atoms with Gasteiger partial charge in [0.2, 0.25) is 11.6 Å². The van der Waals surface area contributed by atoms with Crippen molar-refractivity contribution in [1.82, 2.24) is 4.98 Å². The molecule has 0 aliphatic heterocycles. The van der Waals surface area contributed by atoms with E-state index in [4.69, 9.17) is 0 Å². The summed E-state index contributed by atoms with van der Waals surface area (Å²) in [6.07, 6.45) is -4.10. The molecule has 1 aliphatic rings. The number of allylic oxidation sites excluding steroid dienone is 1. The normalized spacial score (nSPS) is 14.8. The van der Waals surface area contributed by atoms with Crippen LogP contribution >= 0.6 is 0 Å². The fourth-order valence-electron chi connectivity index (χ4n) is 2.46. The average molecular weight is 333 g/mol. The molecule has 7 heteroatoms. The quantitative estimate of drug-likeness (QED) is 0.856. The van der Waals surface area contributed by atoms with Crippen LogP contribution in [0, 0.1) is 0 Å². The van der Waals surface area contributed by atoms with Gasteiger partial charge in [-0.25, -0.2) is 0 Å². The lowest BCUT2D eigenvalue weighted by molar-refractivity contribution is -0.137. The van der Waals surface area contributed by atoms with Gasteiger partial charge in [-0.1, -0.05) is 24.3 Å². The van der Waals surface area contributed by atoms with E-state index < -0.39 is 23.3 Å². The Balaban J connectivity index is 1.97. The predicted molar refractivity (Wildman–Crippen MR) is 78.3 cm³/mol. The van der Waals surface area contributed by atoms with Gasteiger partial charge in [-0.05, 0) is 12.1 Å². The molecule has 0 fully saturated rings. The molecule has 1 aromatic heterocycles. The van der Waals surface area contributed by atoms with Crippen molar-refractivity contribution >= 4 is 17.3 Å². The summed E-state index contributed by atoms with van der Waals surface area (Å²) in [4.78, 5) is 27.9. The Morgan fingerprint density at radius 3 is 2.21 bits per heavy atom. The van der Waals surface area contributed by atoms with E-state index in [2.05, 4.69) is 4.98 Å². The number of aliphatic hydroxyl groups is 1. The maximum atomic E-state index is 12.5. The van der Waals surface area contributed by atoms with E-state index in [1.807, 2.05) is 0 Å². The van der Waals surface area contributed by atoms with Crippen LogP contribution in [0.5, 0.6) is 0 Å². The zero-order chi connectivity index (χ0) is 17.5. The summed E-state index contributed by atoms with van der Waals surface area (Å²) in [7, 11) is 0. The Kier molecular flexibility index (Phi) is 3.71. The number of benzene rings is 1. The number of halogens is 3. The Bertz CT molecular complexity index is 867. The van der Waals surface area contributed by atoms with Crippen LogP contribution in [0.15, 0.2) is 48.2 Å². The van der Waals surface area contributed by atoms with Crippen molar-refractivity contribution in [2.45, 2.75) is 12.6 Å². The molecule has 0 saturated heterocycles. The minimum absolute atomic E-state index is 0.101. The van der Waals surface area contributed by atoms with Gasteiger partial charge in [0.15, 0.2) is 0 Å². The molecule has 2 aromatic rings. The summed E-state index contributed by atoms with van der Waals surface area (Å²) < 4.78 is 37.6. The lowest BCUT2D eigenvalue weighted by Crippen LogP contribution is -2.25. The topological polar surface area (TPSA) is 67.3 Å².